The van der Waals surface area contributed by atoms with Crippen LogP contribution in [0.4, 0.5) is 8.78 Å². The summed E-state index contributed by atoms with van der Waals surface area (Å²) in [7, 11) is 0. The highest BCUT2D eigenvalue weighted by Crippen LogP contribution is 2.10. The number of aliphatic carboxylic acids is 1. The first-order valence-electron chi connectivity index (χ1n) is 4.46. The van der Waals surface area contributed by atoms with Gasteiger partial charge in [0.05, 0.1) is 6.04 Å². The van der Waals surface area contributed by atoms with Crippen molar-refractivity contribution in [2.24, 2.45) is 0 Å². The van der Waals surface area contributed by atoms with Gasteiger partial charge < -0.3 is 15.6 Å². The number of carbonyl (C=O) groups excluding carboxylic acids is 1. The topological polar surface area (TPSA) is 67.8 Å². The average Bonchev–Trinajstić information content (AvgIpc) is 2.10. The molecule has 0 fully saturated rings. The standard InChI is InChI=1S/C10H11F2NO2/c11-8-2-1-6(4-9(8)12)3-7(13)5-10(14)15/h1-2,4,7H,3,5,13H2,(H,14,15)/t7-/m0/s1. The normalized spacial score (nSPS) is 12.5. The van der Waals surface area contributed by atoms with Crippen molar-refractivity contribution in [1.82, 2.24) is 0 Å². The zero-order valence-corrected chi connectivity index (χ0v) is 8.00. The molecular formula is C10H11F2NO2. The van der Waals surface area contributed by atoms with Crippen LogP contribution in [0, 0.1) is 11.6 Å². The second-order valence-corrected chi connectivity index (χ2v) is 3.39. The number of quaternary nitrogens is 1. The minimum Gasteiger partial charge on any atom is -0.550 e. The molecule has 1 atom stereocenters. The van der Waals surface area contributed by atoms with E-state index in [2.05, 4.69) is 5.73 Å². The van der Waals surface area contributed by atoms with Crippen molar-refractivity contribution in [2.75, 3.05) is 0 Å². The van der Waals surface area contributed by atoms with Crippen LogP contribution in [0.5, 0.6) is 0 Å². The number of carboxylic acids is 1. The second-order valence-electron chi connectivity index (χ2n) is 3.39. The first kappa shape index (κ1) is 11.6. The third kappa shape index (κ3) is 3.63. The molecule has 1 aromatic carbocycles. The van der Waals surface area contributed by atoms with Gasteiger partial charge in [0.1, 0.15) is 0 Å². The molecule has 0 aliphatic rings. The molecule has 3 nitrogen and oxygen atoms in total. The third-order valence-electron chi connectivity index (χ3n) is 1.96. The van der Waals surface area contributed by atoms with Crippen molar-refractivity contribution < 1.29 is 24.4 Å². The molecule has 0 saturated carbocycles. The molecule has 0 bridgehead atoms. The maximum absolute atomic E-state index is 12.8. The fourth-order valence-electron chi connectivity index (χ4n) is 1.31. The lowest BCUT2D eigenvalue weighted by molar-refractivity contribution is -0.423. The highest BCUT2D eigenvalue weighted by Gasteiger charge is 2.10. The average molecular weight is 215 g/mol. The summed E-state index contributed by atoms with van der Waals surface area (Å²) >= 11 is 0. The summed E-state index contributed by atoms with van der Waals surface area (Å²) in [5.74, 6) is -3.05. The number of halogens is 2. The van der Waals surface area contributed by atoms with Crippen molar-refractivity contribution in [3.63, 3.8) is 0 Å². The Morgan fingerprint density at radius 1 is 1.40 bits per heavy atom. The van der Waals surface area contributed by atoms with Crippen molar-refractivity contribution in [1.29, 1.82) is 0 Å². The Balaban J connectivity index is 2.64. The highest BCUT2D eigenvalue weighted by atomic mass is 19.2. The lowest BCUT2D eigenvalue weighted by Crippen LogP contribution is -2.63. The molecule has 1 aromatic rings. The molecule has 82 valence electrons. The van der Waals surface area contributed by atoms with Gasteiger partial charge in [0, 0.05) is 18.8 Å². The Morgan fingerprint density at radius 3 is 2.60 bits per heavy atom. The van der Waals surface area contributed by atoms with E-state index in [1.165, 1.54) is 6.07 Å². The van der Waals surface area contributed by atoms with E-state index in [1.807, 2.05) is 0 Å². The molecule has 0 spiro atoms. The number of hydrogen-bond donors (Lipinski definition) is 1. The van der Waals surface area contributed by atoms with E-state index in [9.17, 15) is 18.7 Å². The fourth-order valence-corrected chi connectivity index (χ4v) is 1.31. The number of carbonyl (C=O) groups is 1. The van der Waals surface area contributed by atoms with Crippen LogP contribution in [0.15, 0.2) is 18.2 Å². The first-order valence-corrected chi connectivity index (χ1v) is 4.46. The van der Waals surface area contributed by atoms with Crippen molar-refractivity contribution in [2.45, 2.75) is 18.9 Å². The van der Waals surface area contributed by atoms with Gasteiger partial charge in [-0.1, -0.05) is 6.07 Å². The minimum atomic E-state index is -1.20. The van der Waals surface area contributed by atoms with Gasteiger partial charge in [-0.25, -0.2) is 8.78 Å². The molecule has 0 heterocycles. The van der Waals surface area contributed by atoms with Crippen LogP contribution in [0.1, 0.15) is 12.0 Å². The summed E-state index contributed by atoms with van der Waals surface area (Å²) in [6.07, 6.45) is 0.0875. The second kappa shape index (κ2) is 4.84. The predicted octanol–water partition coefficient (Wildman–Crippen LogP) is -0.742. The summed E-state index contributed by atoms with van der Waals surface area (Å²) < 4.78 is 25.3. The molecule has 0 aliphatic carbocycles. The van der Waals surface area contributed by atoms with Crippen LogP contribution < -0.4 is 10.8 Å². The zero-order chi connectivity index (χ0) is 11.4. The van der Waals surface area contributed by atoms with Crippen molar-refractivity contribution in [3.8, 4) is 0 Å². The molecule has 0 radical (unpaired) electrons. The van der Waals surface area contributed by atoms with E-state index < -0.39 is 23.6 Å². The molecule has 1 rings (SSSR count). The Kier molecular flexibility index (Phi) is 3.74. The number of hydrogen-bond acceptors (Lipinski definition) is 2. The molecule has 5 heteroatoms. The molecule has 0 saturated heterocycles. The van der Waals surface area contributed by atoms with Gasteiger partial charge in [0.25, 0.3) is 0 Å². The predicted molar refractivity (Wildman–Crippen MR) is 46.4 cm³/mol. The Labute approximate surface area is 85.5 Å². The molecule has 0 amide bonds. The number of carboxylic acid groups (broad SMARTS) is 1. The highest BCUT2D eigenvalue weighted by molar-refractivity contribution is 5.64. The number of rotatable bonds is 4. The molecule has 15 heavy (non-hydrogen) atoms. The van der Waals surface area contributed by atoms with Gasteiger partial charge in [0.2, 0.25) is 0 Å². The third-order valence-corrected chi connectivity index (χ3v) is 1.96. The smallest absolute Gasteiger partial charge is 0.159 e. The maximum Gasteiger partial charge on any atom is 0.159 e. The van der Waals surface area contributed by atoms with Gasteiger partial charge in [-0.15, -0.1) is 0 Å². The lowest BCUT2D eigenvalue weighted by Gasteiger charge is -2.09. The summed E-state index contributed by atoms with van der Waals surface area (Å²) in [4.78, 5) is 10.2. The molecular weight excluding hydrogens is 204 g/mol. The van der Waals surface area contributed by atoms with E-state index in [4.69, 9.17) is 0 Å². The van der Waals surface area contributed by atoms with Crippen LogP contribution in [-0.2, 0) is 11.2 Å². The van der Waals surface area contributed by atoms with E-state index in [0.29, 0.717) is 5.56 Å². The van der Waals surface area contributed by atoms with Gasteiger partial charge in [-0.3, -0.25) is 0 Å². The van der Waals surface area contributed by atoms with Gasteiger partial charge >= 0.3 is 0 Å². The lowest BCUT2D eigenvalue weighted by atomic mass is 10.0. The Morgan fingerprint density at radius 2 is 2.07 bits per heavy atom. The summed E-state index contributed by atoms with van der Waals surface area (Å²) in [5, 5.41) is 10.2. The molecule has 0 aromatic heterocycles. The van der Waals surface area contributed by atoms with Crippen LogP contribution in [0.25, 0.3) is 0 Å². The SMILES string of the molecule is [NH3+][C@H](CC(=O)[O-])Cc1ccc(F)c(F)c1. The Hall–Kier alpha value is -1.49. The fraction of sp³-hybridized carbons (Fsp3) is 0.300. The van der Waals surface area contributed by atoms with Gasteiger partial charge in [-0.05, 0) is 17.7 Å². The first-order chi connectivity index (χ1) is 6.99. The van der Waals surface area contributed by atoms with Crippen LogP contribution in [-0.4, -0.2) is 12.0 Å². The van der Waals surface area contributed by atoms with Gasteiger partial charge in [0.15, 0.2) is 11.6 Å². The van der Waals surface area contributed by atoms with E-state index in [-0.39, 0.29) is 12.8 Å². The Bertz CT molecular complexity index is 368. The van der Waals surface area contributed by atoms with Crippen molar-refractivity contribution >= 4 is 5.97 Å². The monoisotopic (exact) mass is 215 g/mol. The van der Waals surface area contributed by atoms with Crippen LogP contribution in [0.3, 0.4) is 0 Å². The zero-order valence-electron chi connectivity index (χ0n) is 8.00. The molecule has 0 unspecified atom stereocenters. The largest absolute Gasteiger partial charge is 0.550 e. The van der Waals surface area contributed by atoms with E-state index in [0.717, 1.165) is 12.1 Å². The summed E-state index contributed by atoms with van der Waals surface area (Å²) in [6, 6.07) is 3.06. The quantitative estimate of drug-likeness (QED) is 0.718. The van der Waals surface area contributed by atoms with Crippen LogP contribution >= 0.6 is 0 Å². The van der Waals surface area contributed by atoms with E-state index >= 15 is 0 Å². The van der Waals surface area contributed by atoms with Crippen molar-refractivity contribution in [3.05, 3.63) is 35.4 Å². The summed E-state index contributed by atoms with van der Waals surface area (Å²) in [6.45, 7) is 0. The number of benzene rings is 1. The minimum absolute atomic E-state index is 0.195. The van der Waals surface area contributed by atoms with E-state index in [1.54, 1.807) is 0 Å². The van der Waals surface area contributed by atoms with Crippen LogP contribution in [0.2, 0.25) is 0 Å². The molecule has 3 N–H and O–H groups in total. The summed E-state index contributed by atoms with van der Waals surface area (Å²) in [5.41, 5.74) is 4.11. The molecule has 0 aliphatic heterocycles. The maximum atomic E-state index is 12.8. The van der Waals surface area contributed by atoms with Gasteiger partial charge in [-0.2, -0.15) is 0 Å².